The molecule has 3 aromatic rings. The molecule has 0 bridgehead atoms. The number of nitrogens with one attached hydrogen (secondary N) is 2. The Bertz CT molecular complexity index is 1140. The summed E-state index contributed by atoms with van der Waals surface area (Å²) >= 11 is 0. The summed E-state index contributed by atoms with van der Waals surface area (Å²) in [4.78, 5) is 22.0. The Hall–Kier alpha value is -3.35. The van der Waals surface area contributed by atoms with Gasteiger partial charge in [0.25, 0.3) is 5.91 Å². The molecular formula is C26H33N5O2. The van der Waals surface area contributed by atoms with Gasteiger partial charge in [0.05, 0.1) is 17.9 Å². The van der Waals surface area contributed by atoms with Crippen molar-refractivity contribution in [1.29, 1.82) is 0 Å². The van der Waals surface area contributed by atoms with Crippen LogP contribution in [0.4, 0.5) is 0 Å². The summed E-state index contributed by atoms with van der Waals surface area (Å²) in [7, 11) is 1.82. The minimum atomic E-state index is -0.0730. The molecule has 3 aromatic heterocycles. The number of carbonyl (C=O) groups is 1. The highest BCUT2D eigenvalue weighted by atomic mass is 16.5. The van der Waals surface area contributed by atoms with Crippen molar-refractivity contribution < 1.29 is 9.53 Å². The molecule has 0 saturated heterocycles. The van der Waals surface area contributed by atoms with Crippen molar-refractivity contribution in [3.63, 3.8) is 0 Å². The minimum Gasteiger partial charge on any atom is -0.482 e. The van der Waals surface area contributed by atoms with Crippen LogP contribution in [0, 0.1) is 12.3 Å². The molecule has 33 heavy (non-hydrogen) atoms. The summed E-state index contributed by atoms with van der Waals surface area (Å²) in [6.45, 7) is 8.86. The lowest BCUT2D eigenvalue weighted by Crippen LogP contribution is -2.40. The van der Waals surface area contributed by atoms with Crippen LogP contribution in [0.15, 0.2) is 36.7 Å². The largest absolute Gasteiger partial charge is 0.482 e. The third-order valence-corrected chi connectivity index (χ3v) is 6.19. The van der Waals surface area contributed by atoms with Crippen molar-refractivity contribution in [1.82, 2.24) is 25.1 Å². The molecule has 1 aliphatic carbocycles. The zero-order chi connectivity index (χ0) is 23.6. The number of rotatable bonds is 7. The Morgan fingerprint density at radius 2 is 2.15 bits per heavy atom. The lowest BCUT2D eigenvalue weighted by atomic mass is 9.88. The van der Waals surface area contributed by atoms with E-state index in [4.69, 9.17) is 4.74 Å². The Kier molecular flexibility index (Phi) is 6.40. The van der Waals surface area contributed by atoms with Crippen LogP contribution >= 0.6 is 0 Å². The van der Waals surface area contributed by atoms with Crippen LogP contribution < -0.4 is 4.74 Å². The van der Waals surface area contributed by atoms with Crippen LogP contribution in [0.1, 0.15) is 49.7 Å². The van der Waals surface area contributed by atoms with Crippen LogP contribution in [-0.4, -0.2) is 50.7 Å². The zero-order valence-electron chi connectivity index (χ0n) is 20.1. The van der Waals surface area contributed by atoms with Crippen molar-refractivity contribution >= 4 is 12.0 Å². The number of hydrogen-bond acceptors (Lipinski definition) is 4. The van der Waals surface area contributed by atoms with Crippen molar-refractivity contribution in [3.05, 3.63) is 59.2 Å². The van der Waals surface area contributed by atoms with E-state index in [1.165, 1.54) is 5.56 Å². The van der Waals surface area contributed by atoms with Gasteiger partial charge in [-0.1, -0.05) is 32.9 Å². The molecule has 0 aliphatic heterocycles. The molecule has 0 fully saturated rings. The molecule has 174 valence electrons. The number of amides is 1. The van der Waals surface area contributed by atoms with Crippen molar-refractivity contribution in [2.45, 2.75) is 53.0 Å². The first kappa shape index (κ1) is 22.8. The fourth-order valence-corrected chi connectivity index (χ4v) is 4.06. The first-order chi connectivity index (χ1) is 15.7. The van der Waals surface area contributed by atoms with E-state index in [1.54, 1.807) is 29.4 Å². The molecule has 0 aromatic carbocycles. The lowest BCUT2D eigenvalue weighted by Gasteiger charge is -2.27. The zero-order valence-corrected chi connectivity index (χ0v) is 20.1. The van der Waals surface area contributed by atoms with Gasteiger partial charge >= 0.3 is 0 Å². The van der Waals surface area contributed by atoms with Gasteiger partial charge in [-0.2, -0.15) is 5.10 Å². The van der Waals surface area contributed by atoms with Gasteiger partial charge in [0.1, 0.15) is 11.4 Å². The van der Waals surface area contributed by atoms with E-state index in [1.807, 2.05) is 7.05 Å². The monoisotopic (exact) mass is 447 g/mol. The number of nitrogens with zero attached hydrogens (tertiary/aromatic N) is 3. The third kappa shape index (κ3) is 5.35. The number of hydrogen-bond donors (Lipinski definition) is 2. The van der Waals surface area contributed by atoms with Gasteiger partial charge in [0, 0.05) is 36.6 Å². The molecular weight excluding hydrogens is 414 g/mol. The molecule has 0 spiro atoms. The molecule has 1 amide bonds. The average molecular weight is 448 g/mol. The Morgan fingerprint density at radius 1 is 1.33 bits per heavy atom. The minimum absolute atomic E-state index is 0.0148. The summed E-state index contributed by atoms with van der Waals surface area (Å²) in [5.74, 6) is 0.516. The number of aromatic nitrogens is 4. The van der Waals surface area contributed by atoms with Gasteiger partial charge < -0.3 is 14.6 Å². The number of pyridine rings is 1. The second-order valence-electron chi connectivity index (χ2n) is 9.97. The van der Waals surface area contributed by atoms with E-state index in [2.05, 4.69) is 66.1 Å². The maximum atomic E-state index is 12.7. The first-order valence-corrected chi connectivity index (χ1v) is 11.4. The van der Waals surface area contributed by atoms with Gasteiger partial charge in [-0.15, -0.1) is 0 Å². The topological polar surface area (TPSA) is 86.9 Å². The molecule has 7 nitrogen and oxygen atoms in total. The normalized spacial score (nSPS) is 15.4. The second-order valence-corrected chi connectivity index (χ2v) is 9.97. The summed E-state index contributed by atoms with van der Waals surface area (Å²) in [6.07, 6.45) is 10.2. The highest BCUT2D eigenvalue weighted by molar-refractivity contribution is 5.79. The van der Waals surface area contributed by atoms with Crippen LogP contribution in [0.3, 0.4) is 0 Å². The molecule has 0 saturated carbocycles. The van der Waals surface area contributed by atoms with Crippen molar-refractivity contribution in [2.24, 2.45) is 5.41 Å². The van der Waals surface area contributed by atoms with Gasteiger partial charge in [-0.25, -0.2) is 0 Å². The second kappa shape index (κ2) is 9.25. The van der Waals surface area contributed by atoms with E-state index in [-0.39, 0.29) is 24.0 Å². The van der Waals surface area contributed by atoms with Gasteiger partial charge in [0.2, 0.25) is 0 Å². The van der Waals surface area contributed by atoms with Crippen LogP contribution in [-0.2, 0) is 17.6 Å². The molecule has 1 atom stereocenters. The summed E-state index contributed by atoms with van der Waals surface area (Å²) < 4.78 is 5.58. The molecule has 4 rings (SSSR count). The number of aryl methyl sites for hydroxylation is 1. The van der Waals surface area contributed by atoms with E-state index in [0.29, 0.717) is 5.75 Å². The van der Waals surface area contributed by atoms with Gasteiger partial charge in [-0.05, 0) is 48.9 Å². The first-order valence-electron chi connectivity index (χ1n) is 11.4. The number of ether oxygens (including phenoxy) is 1. The Balaban J connectivity index is 1.44. The standard InChI is InChI=1S/C26H33N5O2/c1-17-21(10-11-26(2,3)4)25(30-29-17)23-13-18-8-9-19(14-22(18)28-23)31(5)24(32)16-33-20-7-6-12-27-15-20/h6-9,12-13,15,19,28H,10-11,14,16H2,1-5H3,(H,29,30). The lowest BCUT2D eigenvalue weighted by molar-refractivity contribution is -0.133. The highest BCUT2D eigenvalue weighted by Gasteiger charge is 2.25. The summed E-state index contributed by atoms with van der Waals surface area (Å²) in [5, 5.41) is 7.76. The van der Waals surface area contributed by atoms with E-state index in [0.717, 1.165) is 47.6 Å². The maximum Gasteiger partial charge on any atom is 0.260 e. The highest BCUT2D eigenvalue weighted by Crippen LogP contribution is 2.31. The number of carbonyl (C=O) groups excluding carboxylic acids is 1. The number of H-pyrrole nitrogens is 2. The molecule has 1 aliphatic rings. The third-order valence-electron chi connectivity index (χ3n) is 6.19. The quantitative estimate of drug-likeness (QED) is 0.556. The maximum absolute atomic E-state index is 12.7. The fourth-order valence-electron chi connectivity index (χ4n) is 4.06. The predicted molar refractivity (Wildman–Crippen MR) is 130 cm³/mol. The van der Waals surface area contributed by atoms with Gasteiger partial charge in [0.15, 0.2) is 6.61 Å². The van der Waals surface area contributed by atoms with Crippen LogP contribution in [0.25, 0.3) is 17.5 Å². The number of fused-ring (bicyclic) bond motifs is 1. The van der Waals surface area contributed by atoms with Crippen molar-refractivity contribution in [3.8, 4) is 17.1 Å². The molecule has 2 N–H and O–H groups in total. The van der Waals surface area contributed by atoms with E-state index in [9.17, 15) is 4.79 Å². The fraction of sp³-hybridized carbons (Fsp3) is 0.423. The Labute approximate surface area is 195 Å². The summed E-state index contributed by atoms with van der Waals surface area (Å²) in [5.41, 5.74) is 6.93. The molecule has 3 heterocycles. The summed E-state index contributed by atoms with van der Waals surface area (Å²) in [6, 6.07) is 5.70. The number of likely N-dealkylation sites (N-methyl/N-ethyl adjacent to an activating group) is 1. The molecule has 7 heteroatoms. The van der Waals surface area contributed by atoms with Gasteiger partial charge in [-0.3, -0.25) is 14.9 Å². The Morgan fingerprint density at radius 3 is 2.88 bits per heavy atom. The SMILES string of the molecule is Cc1[nH]nc(-c2cc3c([nH]2)CC(N(C)C(=O)COc2cccnc2)C=C3)c1CCC(C)(C)C. The number of aromatic amines is 2. The average Bonchev–Trinajstić information content (AvgIpc) is 3.38. The van der Waals surface area contributed by atoms with Crippen LogP contribution in [0.5, 0.6) is 5.75 Å². The molecule has 1 unspecified atom stereocenters. The smallest absolute Gasteiger partial charge is 0.260 e. The van der Waals surface area contributed by atoms with Crippen LogP contribution in [0.2, 0.25) is 0 Å². The predicted octanol–water partition coefficient (Wildman–Crippen LogP) is 4.56. The van der Waals surface area contributed by atoms with E-state index < -0.39 is 0 Å². The van der Waals surface area contributed by atoms with E-state index >= 15 is 0 Å². The van der Waals surface area contributed by atoms with Crippen molar-refractivity contribution in [2.75, 3.05) is 13.7 Å². The molecule has 0 radical (unpaired) electrons.